The maximum absolute atomic E-state index is 12.4. The van der Waals surface area contributed by atoms with Gasteiger partial charge in [-0.25, -0.2) is 0 Å². The van der Waals surface area contributed by atoms with Crippen LogP contribution in [0, 0.1) is 0 Å². The van der Waals surface area contributed by atoms with Crippen LogP contribution < -0.4 is 15.6 Å². The number of hydrogen-bond donors (Lipinski definition) is 3. The molecule has 4 aromatic rings. The number of nitrogens with zero attached hydrogens (tertiary/aromatic N) is 2. The quantitative estimate of drug-likeness (QED) is 0.496. The SMILES string of the molecule is COc1ccccc1-c1nc(NC(=O)Cc2cc3ccccc3[nH]c2=O)n[nH]1. The lowest BCUT2D eigenvalue weighted by molar-refractivity contribution is -0.115. The average Bonchev–Trinajstić information content (AvgIpc) is 3.16. The molecule has 0 radical (unpaired) electrons. The monoisotopic (exact) mass is 375 g/mol. The molecule has 0 bridgehead atoms. The topological polar surface area (TPSA) is 113 Å². The molecule has 0 aliphatic heterocycles. The van der Waals surface area contributed by atoms with Crippen LogP contribution >= 0.6 is 0 Å². The number of fused-ring (bicyclic) bond motifs is 1. The number of pyridine rings is 1. The molecule has 8 heteroatoms. The number of carbonyl (C=O) groups is 1. The van der Waals surface area contributed by atoms with Crippen molar-refractivity contribution in [3.63, 3.8) is 0 Å². The third-order valence-electron chi connectivity index (χ3n) is 4.28. The summed E-state index contributed by atoms with van der Waals surface area (Å²) in [4.78, 5) is 31.6. The molecule has 0 saturated heterocycles. The first-order valence-electron chi connectivity index (χ1n) is 8.60. The van der Waals surface area contributed by atoms with E-state index in [1.54, 1.807) is 13.2 Å². The molecule has 28 heavy (non-hydrogen) atoms. The number of aromatic amines is 2. The number of benzene rings is 2. The van der Waals surface area contributed by atoms with Crippen molar-refractivity contribution in [2.45, 2.75) is 6.42 Å². The first kappa shape index (κ1) is 17.5. The zero-order valence-corrected chi connectivity index (χ0v) is 15.0. The summed E-state index contributed by atoms with van der Waals surface area (Å²) >= 11 is 0. The third-order valence-corrected chi connectivity index (χ3v) is 4.28. The molecule has 0 unspecified atom stereocenters. The summed E-state index contributed by atoms with van der Waals surface area (Å²) < 4.78 is 5.30. The molecular weight excluding hydrogens is 358 g/mol. The van der Waals surface area contributed by atoms with E-state index in [4.69, 9.17) is 4.74 Å². The van der Waals surface area contributed by atoms with Crippen molar-refractivity contribution in [2.75, 3.05) is 12.4 Å². The molecule has 0 aliphatic carbocycles. The Balaban J connectivity index is 1.51. The minimum absolute atomic E-state index is 0.0846. The van der Waals surface area contributed by atoms with E-state index in [1.807, 2.05) is 48.5 Å². The summed E-state index contributed by atoms with van der Waals surface area (Å²) in [6, 6.07) is 16.5. The first-order valence-corrected chi connectivity index (χ1v) is 8.60. The number of para-hydroxylation sites is 2. The summed E-state index contributed by atoms with van der Waals surface area (Å²) in [6.07, 6.45) is -0.0846. The van der Waals surface area contributed by atoms with E-state index >= 15 is 0 Å². The Bertz CT molecular complexity index is 1210. The second-order valence-corrected chi connectivity index (χ2v) is 6.14. The zero-order valence-electron chi connectivity index (χ0n) is 15.0. The van der Waals surface area contributed by atoms with E-state index in [1.165, 1.54) is 0 Å². The van der Waals surface area contributed by atoms with Crippen LogP contribution in [0.15, 0.2) is 59.4 Å². The molecule has 0 saturated carbocycles. The smallest absolute Gasteiger partial charge is 0.252 e. The van der Waals surface area contributed by atoms with Crippen molar-refractivity contribution in [2.24, 2.45) is 0 Å². The Hall–Kier alpha value is -3.94. The van der Waals surface area contributed by atoms with Crippen LogP contribution in [0.3, 0.4) is 0 Å². The number of ether oxygens (including phenoxy) is 1. The number of aromatic nitrogens is 4. The van der Waals surface area contributed by atoms with Gasteiger partial charge in [0.2, 0.25) is 11.9 Å². The van der Waals surface area contributed by atoms with Gasteiger partial charge in [-0.1, -0.05) is 30.3 Å². The Morgan fingerprint density at radius 2 is 1.93 bits per heavy atom. The number of carbonyl (C=O) groups excluding carboxylic acids is 1. The lowest BCUT2D eigenvalue weighted by atomic mass is 10.1. The summed E-state index contributed by atoms with van der Waals surface area (Å²) in [6.45, 7) is 0. The second-order valence-electron chi connectivity index (χ2n) is 6.14. The molecule has 3 N–H and O–H groups in total. The number of H-pyrrole nitrogens is 2. The third kappa shape index (κ3) is 3.48. The fourth-order valence-electron chi connectivity index (χ4n) is 2.94. The number of anilines is 1. The molecule has 0 fully saturated rings. The Morgan fingerprint density at radius 1 is 1.14 bits per heavy atom. The molecule has 0 spiro atoms. The molecule has 0 atom stereocenters. The molecule has 2 aromatic carbocycles. The Labute approximate surface area is 159 Å². The van der Waals surface area contributed by atoms with Crippen LogP contribution in [0.2, 0.25) is 0 Å². The van der Waals surface area contributed by atoms with Gasteiger partial charge in [-0.15, -0.1) is 5.10 Å². The van der Waals surface area contributed by atoms with Gasteiger partial charge in [0.15, 0.2) is 5.82 Å². The summed E-state index contributed by atoms with van der Waals surface area (Å²) in [5, 5.41) is 10.3. The first-order chi connectivity index (χ1) is 13.6. The molecule has 8 nitrogen and oxygen atoms in total. The predicted octanol–water partition coefficient (Wildman–Crippen LogP) is 2.50. The van der Waals surface area contributed by atoms with E-state index in [2.05, 4.69) is 25.5 Å². The standard InChI is InChI=1S/C20H17N5O3/c1-28-16-9-5-3-7-14(16)18-23-20(25-24-18)22-17(26)11-13-10-12-6-2-4-8-15(12)21-19(13)27/h2-10H,11H2,1H3,(H,21,27)(H2,22,23,24,25,26). The Kier molecular flexibility index (Phi) is 4.59. The minimum atomic E-state index is -0.383. The highest BCUT2D eigenvalue weighted by molar-refractivity contribution is 5.91. The highest BCUT2D eigenvalue weighted by Gasteiger charge is 2.14. The van der Waals surface area contributed by atoms with Crippen molar-refractivity contribution in [3.8, 4) is 17.1 Å². The van der Waals surface area contributed by atoms with Crippen LogP contribution in [0.25, 0.3) is 22.3 Å². The minimum Gasteiger partial charge on any atom is -0.496 e. The lowest BCUT2D eigenvalue weighted by Gasteiger charge is -2.04. The van der Waals surface area contributed by atoms with E-state index in [0.29, 0.717) is 17.1 Å². The molecule has 140 valence electrons. The molecule has 0 aliphatic rings. The van der Waals surface area contributed by atoms with Gasteiger partial charge in [0, 0.05) is 11.1 Å². The van der Waals surface area contributed by atoms with Crippen molar-refractivity contribution in [3.05, 3.63) is 70.5 Å². The van der Waals surface area contributed by atoms with Crippen LogP contribution in [-0.2, 0) is 11.2 Å². The van der Waals surface area contributed by atoms with Gasteiger partial charge in [0.25, 0.3) is 5.56 Å². The van der Waals surface area contributed by atoms with Gasteiger partial charge in [-0.05, 0) is 29.7 Å². The van der Waals surface area contributed by atoms with Crippen LogP contribution in [0.5, 0.6) is 5.75 Å². The van der Waals surface area contributed by atoms with Gasteiger partial charge in [-0.3, -0.25) is 20.0 Å². The van der Waals surface area contributed by atoms with Crippen molar-refractivity contribution in [1.82, 2.24) is 20.2 Å². The summed E-state index contributed by atoms with van der Waals surface area (Å²) in [5.74, 6) is 0.852. The molecule has 4 rings (SSSR count). The van der Waals surface area contributed by atoms with Crippen molar-refractivity contribution in [1.29, 1.82) is 0 Å². The molecule has 2 aromatic heterocycles. The fraction of sp³-hybridized carbons (Fsp3) is 0.100. The van der Waals surface area contributed by atoms with E-state index in [9.17, 15) is 9.59 Å². The number of methoxy groups -OCH3 is 1. The fourth-order valence-corrected chi connectivity index (χ4v) is 2.94. The Morgan fingerprint density at radius 3 is 2.79 bits per heavy atom. The van der Waals surface area contributed by atoms with Gasteiger partial charge in [0.05, 0.1) is 19.1 Å². The van der Waals surface area contributed by atoms with Crippen molar-refractivity contribution < 1.29 is 9.53 Å². The predicted molar refractivity (Wildman–Crippen MR) is 105 cm³/mol. The molecule has 1 amide bonds. The number of rotatable bonds is 5. The van der Waals surface area contributed by atoms with E-state index in [-0.39, 0.29) is 23.8 Å². The average molecular weight is 375 g/mol. The van der Waals surface area contributed by atoms with Gasteiger partial charge in [-0.2, -0.15) is 4.98 Å². The lowest BCUT2D eigenvalue weighted by Crippen LogP contribution is -2.21. The summed E-state index contributed by atoms with van der Waals surface area (Å²) in [7, 11) is 1.57. The van der Waals surface area contributed by atoms with Crippen molar-refractivity contribution >= 4 is 22.8 Å². The number of nitrogens with one attached hydrogen (secondary N) is 3. The van der Waals surface area contributed by atoms with Crippen LogP contribution in [0.4, 0.5) is 5.95 Å². The molecular formula is C20H17N5O3. The second kappa shape index (κ2) is 7.36. The van der Waals surface area contributed by atoms with E-state index in [0.717, 1.165) is 16.5 Å². The maximum atomic E-state index is 12.4. The van der Waals surface area contributed by atoms with Gasteiger partial charge in [0.1, 0.15) is 5.75 Å². The number of amides is 1. The zero-order chi connectivity index (χ0) is 19.5. The normalized spacial score (nSPS) is 10.8. The highest BCUT2D eigenvalue weighted by Crippen LogP contribution is 2.27. The van der Waals surface area contributed by atoms with Crippen LogP contribution in [-0.4, -0.2) is 33.2 Å². The highest BCUT2D eigenvalue weighted by atomic mass is 16.5. The number of hydrogen-bond acceptors (Lipinski definition) is 5. The van der Waals surface area contributed by atoms with Crippen LogP contribution in [0.1, 0.15) is 5.56 Å². The van der Waals surface area contributed by atoms with Gasteiger partial charge >= 0.3 is 0 Å². The van der Waals surface area contributed by atoms with E-state index < -0.39 is 0 Å². The maximum Gasteiger partial charge on any atom is 0.252 e. The summed E-state index contributed by atoms with van der Waals surface area (Å²) in [5.41, 5.74) is 1.53. The van der Waals surface area contributed by atoms with Gasteiger partial charge < -0.3 is 9.72 Å². The largest absolute Gasteiger partial charge is 0.496 e. The molecule has 2 heterocycles.